The molecule has 3 amide bonds. The van der Waals surface area contributed by atoms with E-state index in [-0.39, 0.29) is 37.8 Å². The molecule has 1 aromatic heterocycles. The molecule has 1 spiro atoms. The highest BCUT2D eigenvalue weighted by molar-refractivity contribution is 5.97. The van der Waals surface area contributed by atoms with Gasteiger partial charge in [0, 0.05) is 29.7 Å². The average Bonchev–Trinajstić information content (AvgIpc) is 3.66. The third-order valence-electron chi connectivity index (χ3n) is 10.7. The number of hydrogen-bond donors (Lipinski definition) is 3. The number of carbonyl (C=O) groups is 4. The number of ether oxygens (including phenoxy) is 4. The Balaban J connectivity index is 1.41. The van der Waals surface area contributed by atoms with Gasteiger partial charge in [0.05, 0.1) is 37.6 Å². The van der Waals surface area contributed by atoms with E-state index in [2.05, 4.69) is 10.6 Å². The minimum absolute atomic E-state index is 0.0350. The van der Waals surface area contributed by atoms with Crippen molar-refractivity contribution in [1.82, 2.24) is 20.5 Å². The van der Waals surface area contributed by atoms with Gasteiger partial charge in [-0.15, -0.1) is 0 Å². The standard InChI is InChI=1S/C40H54N4O9/c1-8-51-36(48)40-19-24(40)14-12-10-9-11-13-15-28(42-37(49)53-38(4,5)6)35(47)44-22-39(20-29(44)34(46)43-40)21-30(45)31-26-18-25(50-7)16-17-27(26)41-32(23(2)3)33(31)52-39/h12,14,16-18,23-24,28-30,45H,8-11,13,15,19-22H2,1-7H3,(H,42,49)(H,43,46)/b14-12-/t24-,28+,29+,30?,39+,40-/m1/s1. The van der Waals surface area contributed by atoms with E-state index in [0.29, 0.717) is 52.9 Å². The Morgan fingerprint density at radius 3 is 2.62 bits per heavy atom. The summed E-state index contributed by atoms with van der Waals surface area (Å²) in [5, 5.41) is 18.5. The van der Waals surface area contributed by atoms with Crippen molar-refractivity contribution in [2.75, 3.05) is 20.3 Å². The van der Waals surface area contributed by atoms with Crippen molar-refractivity contribution in [1.29, 1.82) is 0 Å². The van der Waals surface area contributed by atoms with E-state index in [0.717, 1.165) is 19.3 Å². The van der Waals surface area contributed by atoms with Gasteiger partial charge < -0.3 is 39.6 Å². The zero-order chi connectivity index (χ0) is 38.3. The van der Waals surface area contributed by atoms with Crippen LogP contribution in [0.5, 0.6) is 11.5 Å². The number of esters is 1. The lowest BCUT2D eigenvalue weighted by molar-refractivity contribution is -0.150. The summed E-state index contributed by atoms with van der Waals surface area (Å²) in [7, 11) is 1.57. The number of aliphatic hydroxyl groups excluding tert-OH is 1. The molecule has 6 atom stereocenters. The van der Waals surface area contributed by atoms with Gasteiger partial charge in [0.15, 0.2) is 0 Å². The van der Waals surface area contributed by atoms with Crippen LogP contribution in [0.15, 0.2) is 30.4 Å². The van der Waals surface area contributed by atoms with Crippen LogP contribution in [0.1, 0.15) is 116 Å². The number of fused-ring (bicyclic) bond motifs is 5. The van der Waals surface area contributed by atoms with Gasteiger partial charge in [0.2, 0.25) is 11.8 Å². The predicted octanol–water partition coefficient (Wildman–Crippen LogP) is 5.37. The summed E-state index contributed by atoms with van der Waals surface area (Å²) in [5.41, 5.74) is -1.32. The predicted molar refractivity (Wildman–Crippen MR) is 196 cm³/mol. The first-order valence-corrected chi connectivity index (χ1v) is 18.9. The lowest BCUT2D eigenvalue weighted by Crippen LogP contribution is -2.57. The molecular formula is C40H54N4O9. The number of nitrogens with zero attached hydrogens (tertiary/aromatic N) is 2. The minimum Gasteiger partial charge on any atom is -0.497 e. The molecule has 1 aliphatic carbocycles. The first-order chi connectivity index (χ1) is 25.1. The molecule has 13 nitrogen and oxygen atoms in total. The van der Waals surface area contributed by atoms with Gasteiger partial charge in [-0.05, 0) is 77.5 Å². The average molecular weight is 735 g/mol. The minimum atomic E-state index is -1.26. The molecule has 2 aromatic rings. The number of alkyl carbamates (subject to hydrolysis) is 1. The van der Waals surface area contributed by atoms with Crippen LogP contribution in [0, 0.1) is 5.92 Å². The molecule has 53 heavy (non-hydrogen) atoms. The van der Waals surface area contributed by atoms with Crippen LogP contribution in [0.4, 0.5) is 4.79 Å². The summed E-state index contributed by atoms with van der Waals surface area (Å²) in [5.74, 6) is -0.813. The molecule has 3 aliphatic heterocycles. The Kier molecular flexibility index (Phi) is 10.7. The van der Waals surface area contributed by atoms with Gasteiger partial charge >= 0.3 is 12.1 Å². The second-order valence-electron chi connectivity index (χ2n) is 16.2. The summed E-state index contributed by atoms with van der Waals surface area (Å²) >= 11 is 0. The number of rotatable bonds is 5. The van der Waals surface area contributed by atoms with Crippen LogP contribution >= 0.6 is 0 Å². The number of aromatic nitrogens is 1. The van der Waals surface area contributed by atoms with Crippen molar-refractivity contribution in [2.24, 2.45) is 5.92 Å². The number of methoxy groups -OCH3 is 1. The molecule has 0 radical (unpaired) electrons. The Hall–Kier alpha value is -4.39. The highest BCUT2D eigenvalue weighted by atomic mass is 16.6. The van der Waals surface area contributed by atoms with E-state index in [4.69, 9.17) is 23.9 Å². The van der Waals surface area contributed by atoms with Crippen LogP contribution in [0.2, 0.25) is 0 Å². The van der Waals surface area contributed by atoms with Crippen LogP contribution < -0.4 is 20.1 Å². The summed E-state index contributed by atoms with van der Waals surface area (Å²) in [6.07, 6.45) is 6.15. The number of carbonyl (C=O) groups excluding carboxylic acids is 4. The van der Waals surface area contributed by atoms with Crippen molar-refractivity contribution in [2.45, 2.75) is 134 Å². The van der Waals surface area contributed by atoms with Crippen LogP contribution in [-0.4, -0.2) is 88.0 Å². The third kappa shape index (κ3) is 7.81. The van der Waals surface area contributed by atoms with Crippen molar-refractivity contribution in [3.8, 4) is 11.5 Å². The molecule has 4 aliphatic rings. The lowest BCUT2D eigenvalue weighted by Gasteiger charge is -2.39. The van der Waals surface area contributed by atoms with Gasteiger partial charge in [-0.1, -0.05) is 38.8 Å². The monoisotopic (exact) mass is 734 g/mol. The number of nitrogens with one attached hydrogen (secondary N) is 2. The maximum Gasteiger partial charge on any atom is 0.408 e. The number of amides is 3. The van der Waals surface area contributed by atoms with E-state index < -0.39 is 58.8 Å². The molecule has 288 valence electrons. The topological polar surface area (TPSA) is 166 Å². The second-order valence-corrected chi connectivity index (χ2v) is 16.2. The Bertz CT molecular complexity index is 1790. The van der Waals surface area contributed by atoms with Gasteiger partial charge in [0.25, 0.3) is 0 Å². The fourth-order valence-corrected chi connectivity index (χ4v) is 8.04. The molecule has 0 bridgehead atoms. The normalized spacial score (nSPS) is 29.5. The van der Waals surface area contributed by atoms with Crippen molar-refractivity contribution >= 4 is 34.8 Å². The molecule has 1 saturated heterocycles. The highest BCUT2D eigenvalue weighted by Crippen LogP contribution is 2.51. The maximum absolute atomic E-state index is 14.7. The Morgan fingerprint density at radius 2 is 1.92 bits per heavy atom. The van der Waals surface area contributed by atoms with Crippen LogP contribution in [0.25, 0.3) is 10.9 Å². The first kappa shape index (κ1) is 38.3. The molecule has 6 rings (SSSR count). The number of pyridine rings is 1. The number of aliphatic hydroxyl groups is 1. The van der Waals surface area contributed by atoms with Gasteiger partial charge in [-0.25, -0.2) is 14.6 Å². The van der Waals surface area contributed by atoms with Crippen molar-refractivity contribution in [3.05, 3.63) is 41.6 Å². The SMILES string of the molecule is CCOC(=O)[C@@]12C[C@H]1/C=C\CCCCC[C@H](NC(=O)OC(C)(C)C)C(=O)N1C[C@@]3(CC(O)c4c(c(C(C)C)nc5ccc(OC)cc45)O3)C[C@H]1C(=O)N2. The van der Waals surface area contributed by atoms with E-state index in [1.165, 1.54) is 4.90 Å². The molecule has 13 heteroatoms. The summed E-state index contributed by atoms with van der Waals surface area (Å²) < 4.78 is 23.4. The first-order valence-electron chi connectivity index (χ1n) is 18.9. The number of allylic oxidation sites excluding steroid dienone is 1. The fraction of sp³-hybridized carbons (Fsp3) is 0.625. The zero-order valence-electron chi connectivity index (χ0n) is 32.0. The van der Waals surface area contributed by atoms with Gasteiger partial charge in [-0.3, -0.25) is 9.59 Å². The van der Waals surface area contributed by atoms with E-state index >= 15 is 0 Å². The van der Waals surface area contributed by atoms with E-state index in [1.807, 2.05) is 44.2 Å². The number of benzene rings is 1. The molecule has 4 heterocycles. The van der Waals surface area contributed by atoms with Crippen LogP contribution in [-0.2, 0) is 23.9 Å². The lowest BCUT2D eigenvalue weighted by atomic mass is 9.84. The van der Waals surface area contributed by atoms with Crippen LogP contribution in [0.3, 0.4) is 0 Å². The summed E-state index contributed by atoms with van der Waals surface area (Å²) in [6, 6.07) is 3.42. The summed E-state index contributed by atoms with van der Waals surface area (Å²) in [6.45, 7) is 11.1. The van der Waals surface area contributed by atoms with Crippen molar-refractivity contribution in [3.63, 3.8) is 0 Å². The molecule has 3 N–H and O–H groups in total. The van der Waals surface area contributed by atoms with Crippen molar-refractivity contribution < 1.29 is 43.2 Å². The molecular weight excluding hydrogens is 680 g/mol. The molecule has 2 fully saturated rings. The number of hydrogen-bond acceptors (Lipinski definition) is 10. The zero-order valence-corrected chi connectivity index (χ0v) is 32.0. The largest absolute Gasteiger partial charge is 0.497 e. The van der Waals surface area contributed by atoms with E-state index in [1.54, 1.807) is 34.8 Å². The third-order valence-corrected chi connectivity index (χ3v) is 10.7. The molecule has 1 saturated carbocycles. The fourth-order valence-electron chi connectivity index (χ4n) is 8.04. The molecule has 1 aromatic carbocycles. The highest BCUT2D eigenvalue weighted by Gasteiger charge is 2.63. The summed E-state index contributed by atoms with van der Waals surface area (Å²) in [4.78, 5) is 62.1. The second kappa shape index (κ2) is 14.8. The smallest absolute Gasteiger partial charge is 0.408 e. The Morgan fingerprint density at radius 1 is 1.15 bits per heavy atom. The maximum atomic E-state index is 14.7. The Labute approximate surface area is 311 Å². The van der Waals surface area contributed by atoms with Gasteiger partial charge in [-0.2, -0.15) is 0 Å². The van der Waals surface area contributed by atoms with Gasteiger partial charge in [0.1, 0.15) is 40.3 Å². The molecule has 1 unspecified atom stereocenters. The quantitative estimate of drug-likeness (QED) is 0.269. The van der Waals surface area contributed by atoms with E-state index in [9.17, 15) is 24.3 Å².